The van der Waals surface area contributed by atoms with E-state index in [4.69, 9.17) is 28.4 Å². The summed E-state index contributed by atoms with van der Waals surface area (Å²) < 4.78 is 36.1. The van der Waals surface area contributed by atoms with Crippen LogP contribution >= 0.6 is 0 Å². The molecule has 5 atom stereocenters. The van der Waals surface area contributed by atoms with Gasteiger partial charge in [0.25, 0.3) is 0 Å². The number of allylic oxidation sites excluding steroid dienone is 2. The van der Waals surface area contributed by atoms with Crippen LogP contribution in [0.25, 0.3) is 0 Å². The average Bonchev–Trinajstić information content (AvgIpc) is 3.05. The third kappa shape index (κ3) is 7.97. The van der Waals surface area contributed by atoms with Gasteiger partial charge in [-0.25, -0.2) is 0 Å². The van der Waals surface area contributed by atoms with Gasteiger partial charge in [-0.2, -0.15) is 0 Å². The molecule has 8 nitrogen and oxygen atoms in total. The first-order chi connectivity index (χ1) is 18.1. The second-order valence-electron chi connectivity index (χ2n) is 8.99. The van der Waals surface area contributed by atoms with Gasteiger partial charge in [-0.05, 0) is 24.0 Å². The summed E-state index contributed by atoms with van der Waals surface area (Å²) in [5, 5.41) is 0. The number of ether oxygens (including phenoxy) is 6. The van der Waals surface area contributed by atoms with Gasteiger partial charge in [0.1, 0.15) is 12.2 Å². The molecule has 0 aromatic heterocycles. The van der Waals surface area contributed by atoms with Gasteiger partial charge in [0, 0.05) is 20.0 Å². The van der Waals surface area contributed by atoms with Crippen molar-refractivity contribution in [3.05, 3.63) is 83.9 Å². The lowest BCUT2D eigenvalue weighted by molar-refractivity contribution is -0.228. The zero-order valence-corrected chi connectivity index (χ0v) is 21.0. The van der Waals surface area contributed by atoms with Gasteiger partial charge < -0.3 is 28.4 Å². The van der Waals surface area contributed by atoms with Crippen molar-refractivity contribution >= 4 is 11.9 Å². The molecule has 2 aliphatic rings. The van der Waals surface area contributed by atoms with Gasteiger partial charge >= 0.3 is 11.9 Å². The van der Waals surface area contributed by atoms with E-state index >= 15 is 0 Å². The van der Waals surface area contributed by atoms with Crippen molar-refractivity contribution in [2.45, 2.75) is 69.6 Å². The highest BCUT2D eigenvalue weighted by Gasteiger charge is 2.48. The van der Waals surface area contributed by atoms with Crippen molar-refractivity contribution < 1.29 is 38.0 Å². The topological polar surface area (TPSA) is 89.5 Å². The van der Waals surface area contributed by atoms with Crippen LogP contribution in [-0.2, 0) is 51.2 Å². The summed E-state index contributed by atoms with van der Waals surface area (Å²) in [7, 11) is 1.51. The average molecular weight is 511 g/mol. The molecule has 2 aromatic rings. The molecule has 0 radical (unpaired) electrons. The fraction of sp³-hybridized carbons (Fsp3) is 0.448. The van der Waals surface area contributed by atoms with Crippen molar-refractivity contribution in [3.63, 3.8) is 0 Å². The Morgan fingerprint density at radius 1 is 0.757 bits per heavy atom. The zero-order valence-electron chi connectivity index (χ0n) is 21.0. The summed E-state index contributed by atoms with van der Waals surface area (Å²) in [5.41, 5.74) is 1.88. The van der Waals surface area contributed by atoms with Crippen LogP contribution in [0.4, 0.5) is 0 Å². The molecule has 0 bridgehead atoms. The molecule has 8 heteroatoms. The molecule has 2 aliphatic heterocycles. The Balaban J connectivity index is 1.65. The van der Waals surface area contributed by atoms with Gasteiger partial charge in [-0.3, -0.25) is 9.59 Å². The third-order valence-corrected chi connectivity index (χ3v) is 6.26. The van der Waals surface area contributed by atoms with E-state index < -0.39 is 42.6 Å². The second-order valence-corrected chi connectivity index (χ2v) is 8.99. The van der Waals surface area contributed by atoms with E-state index in [1.54, 1.807) is 0 Å². The number of methoxy groups -OCH3 is 1. The molecule has 0 saturated carbocycles. The van der Waals surface area contributed by atoms with Crippen molar-refractivity contribution in [1.82, 2.24) is 0 Å². The first-order valence-corrected chi connectivity index (χ1v) is 12.6. The van der Waals surface area contributed by atoms with Crippen LogP contribution in [0.3, 0.4) is 0 Å². The van der Waals surface area contributed by atoms with Crippen molar-refractivity contribution in [1.29, 1.82) is 0 Å². The Hall–Kier alpha value is -3.04. The summed E-state index contributed by atoms with van der Waals surface area (Å²) in [4.78, 5) is 25.5. The van der Waals surface area contributed by atoms with E-state index in [2.05, 4.69) is 0 Å². The summed E-state index contributed by atoms with van der Waals surface area (Å²) >= 11 is 0. The summed E-state index contributed by atoms with van der Waals surface area (Å²) in [6.45, 7) is 0.453. The minimum Gasteiger partial charge on any atom is -0.456 e. The lowest BCUT2D eigenvalue weighted by atomic mass is 10.0. The molecule has 37 heavy (non-hydrogen) atoms. The fourth-order valence-corrected chi connectivity index (χ4v) is 4.35. The maximum Gasteiger partial charge on any atom is 0.306 e. The predicted octanol–water partition coefficient (Wildman–Crippen LogP) is 4.11. The number of rotatable bonds is 7. The van der Waals surface area contributed by atoms with Crippen LogP contribution in [0.1, 0.15) is 36.8 Å². The Morgan fingerprint density at radius 2 is 1.30 bits per heavy atom. The van der Waals surface area contributed by atoms with E-state index in [9.17, 15) is 9.59 Å². The predicted molar refractivity (Wildman–Crippen MR) is 134 cm³/mol. The number of carbonyl (C=O) groups excluding carboxylic acids is 2. The van der Waals surface area contributed by atoms with E-state index in [0.29, 0.717) is 12.8 Å². The highest BCUT2D eigenvalue weighted by Crippen LogP contribution is 2.29. The lowest BCUT2D eigenvalue weighted by Crippen LogP contribution is -2.52. The Bertz CT molecular complexity index is 1010. The summed E-state index contributed by atoms with van der Waals surface area (Å²) in [6.07, 6.45) is 0.917. The number of carbonyl (C=O) groups is 2. The molecular formula is C29H34O8. The molecule has 198 valence electrons. The number of hydrogen-bond acceptors (Lipinski definition) is 8. The lowest BCUT2D eigenvalue weighted by Gasteiger charge is -2.35. The Morgan fingerprint density at radius 3 is 1.86 bits per heavy atom. The first-order valence-electron chi connectivity index (χ1n) is 12.6. The number of hydrogen-bond donors (Lipinski definition) is 0. The van der Waals surface area contributed by atoms with Gasteiger partial charge in [-0.1, -0.05) is 72.8 Å². The number of esters is 2. The normalized spacial score (nSPS) is 28.0. The highest BCUT2D eigenvalue weighted by atomic mass is 16.7. The molecule has 0 amide bonds. The molecule has 1 saturated heterocycles. The molecule has 1 fully saturated rings. The molecule has 0 spiro atoms. The smallest absolute Gasteiger partial charge is 0.306 e. The van der Waals surface area contributed by atoms with E-state index in [1.165, 1.54) is 7.11 Å². The SMILES string of the molecule is CO[C@@H]1OC[C@H]2OC(=O)CC/C=C/CCC(=O)O[C@H]2[C@H](OCc2ccccc2)[C@H]1OCc1ccccc1. The summed E-state index contributed by atoms with van der Waals surface area (Å²) in [5.74, 6) is -0.818. The minimum absolute atomic E-state index is 0.0333. The Kier molecular flexibility index (Phi) is 10.3. The quantitative estimate of drug-likeness (QED) is 0.406. The van der Waals surface area contributed by atoms with Crippen molar-refractivity contribution in [3.8, 4) is 0 Å². The second kappa shape index (κ2) is 14.0. The van der Waals surface area contributed by atoms with E-state index in [0.717, 1.165) is 11.1 Å². The van der Waals surface area contributed by atoms with Crippen molar-refractivity contribution in [2.24, 2.45) is 0 Å². The van der Waals surface area contributed by atoms with Crippen LogP contribution in [-0.4, -0.2) is 56.4 Å². The van der Waals surface area contributed by atoms with Crippen LogP contribution in [0, 0.1) is 0 Å². The Labute approximate surface area is 217 Å². The third-order valence-electron chi connectivity index (χ3n) is 6.26. The molecule has 0 aliphatic carbocycles. The molecule has 2 heterocycles. The molecule has 4 rings (SSSR count). The van der Waals surface area contributed by atoms with Gasteiger partial charge in [0.05, 0.1) is 19.8 Å². The molecule has 0 unspecified atom stereocenters. The fourth-order valence-electron chi connectivity index (χ4n) is 4.35. The summed E-state index contributed by atoms with van der Waals surface area (Å²) in [6, 6.07) is 19.3. The van der Waals surface area contributed by atoms with Crippen LogP contribution in [0.5, 0.6) is 0 Å². The van der Waals surface area contributed by atoms with Gasteiger partial charge in [0.2, 0.25) is 0 Å². The zero-order chi connectivity index (χ0) is 25.9. The standard InChI is InChI=1S/C29H34O8/c1-32-29-28(34-19-22-14-8-5-9-15-22)27(33-18-21-12-6-4-7-13-21)26-23(20-35-29)36-24(30)16-10-2-3-11-17-25(31)37-26/h2-9,12-15,23,26-29H,10-11,16-20H2,1H3/b3-2+/t23-,26-,27+,28-,29-/m1/s1. The van der Waals surface area contributed by atoms with Gasteiger partial charge in [-0.15, -0.1) is 0 Å². The maximum absolute atomic E-state index is 12.8. The van der Waals surface area contributed by atoms with Gasteiger partial charge in [0.15, 0.2) is 18.5 Å². The largest absolute Gasteiger partial charge is 0.456 e. The number of benzene rings is 2. The molecular weight excluding hydrogens is 476 g/mol. The number of fused-ring (bicyclic) bond motifs is 1. The van der Waals surface area contributed by atoms with Crippen LogP contribution in [0.2, 0.25) is 0 Å². The highest BCUT2D eigenvalue weighted by molar-refractivity contribution is 5.71. The first kappa shape index (κ1) is 27.0. The van der Waals surface area contributed by atoms with E-state index in [-0.39, 0.29) is 32.7 Å². The van der Waals surface area contributed by atoms with Crippen molar-refractivity contribution in [2.75, 3.05) is 13.7 Å². The minimum atomic E-state index is -0.954. The molecule has 2 aromatic carbocycles. The van der Waals surface area contributed by atoms with Crippen LogP contribution in [0.15, 0.2) is 72.8 Å². The van der Waals surface area contributed by atoms with E-state index in [1.807, 2.05) is 72.8 Å². The maximum atomic E-state index is 12.8. The van der Waals surface area contributed by atoms with Crippen LogP contribution < -0.4 is 0 Å². The molecule has 0 N–H and O–H groups in total. The monoisotopic (exact) mass is 510 g/mol.